The first-order valence-electron chi connectivity index (χ1n) is 4.20. The summed E-state index contributed by atoms with van der Waals surface area (Å²) in [4.78, 5) is 0. The first-order chi connectivity index (χ1) is 4.77. The summed E-state index contributed by atoms with van der Waals surface area (Å²) < 4.78 is 0. The number of nitrogens with one attached hydrogen (secondary N) is 1. The zero-order valence-corrected chi connectivity index (χ0v) is 6.69. The molecule has 0 amide bonds. The van der Waals surface area contributed by atoms with E-state index in [0.717, 1.165) is 38.8 Å². The van der Waals surface area contributed by atoms with E-state index < -0.39 is 0 Å². The molecule has 2 heteroatoms. The second-order valence-corrected chi connectivity index (χ2v) is 3.25. The first kappa shape index (κ1) is 8.02. The predicted molar refractivity (Wildman–Crippen MR) is 42.0 cm³/mol. The highest BCUT2D eigenvalue weighted by atomic mass is 16.3. The Hall–Kier alpha value is -0.0800. The van der Waals surface area contributed by atoms with Gasteiger partial charge >= 0.3 is 0 Å². The van der Waals surface area contributed by atoms with E-state index >= 15 is 0 Å². The molecule has 0 radical (unpaired) electrons. The van der Waals surface area contributed by atoms with Crippen LogP contribution in [0.5, 0.6) is 0 Å². The Kier molecular flexibility index (Phi) is 2.69. The minimum atomic E-state index is -0.382. The van der Waals surface area contributed by atoms with E-state index in [2.05, 4.69) is 12.2 Å². The van der Waals surface area contributed by atoms with Gasteiger partial charge in [-0.25, -0.2) is 0 Å². The molecule has 1 aliphatic heterocycles. The number of aliphatic hydroxyl groups is 1. The van der Waals surface area contributed by atoms with Gasteiger partial charge in [-0.05, 0) is 25.8 Å². The van der Waals surface area contributed by atoms with E-state index in [9.17, 15) is 5.11 Å². The van der Waals surface area contributed by atoms with E-state index in [1.165, 1.54) is 0 Å². The lowest BCUT2D eigenvalue weighted by Crippen LogP contribution is -2.45. The maximum Gasteiger partial charge on any atom is 0.0771 e. The summed E-state index contributed by atoms with van der Waals surface area (Å²) in [5, 5.41) is 13.0. The average molecular weight is 143 g/mol. The lowest BCUT2D eigenvalue weighted by molar-refractivity contribution is 0.00800. The Morgan fingerprint density at radius 2 is 2.40 bits per heavy atom. The predicted octanol–water partition coefficient (Wildman–Crippen LogP) is 0.901. The van der Waals surface area contributed by atoms with Crippen LogP contribution >= 0.6 is 0 Å². The number of piperidine rings is 1. The third kappa shape index (κ3) is 1.96. The number of hydrogen-bond acceptors (Lipinski definition) is 2. The van der Waals surface area contributed by atoms with Crippen LogP contribution in [0.25, 0.3) is 0 Å². The molecule has 0 aliphatic carbocycles. The smallest absolute Gasteiger partial charge is 0.0771 e. The Morgan fingerprint density at radius 3 is 2.90 bits per heavy atom. The van der Waals surface area contributed by atoms with Gasteiger partial charge in [0.1, 0.15) is 0 Å². The molecule has 1 rings (SSSR count). The maximum atomic E-state index is 9.81. The maximum absolute atomic E-state index is 9.81. The fraction of sp³-hybridized carbons (Fsp3) is 1.00. The average Bonchev–Trinajstić information content (AvgIpc) is 1.89. The minimum Gasteiger partial charge on any atom is -0.389 e. The lowest BCUT2D eigenvalue weighted by atomic mass is 9.90. The van der Waals surface area contributed by atoms with Crippen LogP contribution in [0.3, 0.4) is 0 Å². The quantitative estimate of drug-likeness (QED) is 0.602. The molecule has 1 fully saturated rings. The highest BCUT2D eigenvalue weighted by Crippen LogP contribution is 2.20. The molecular weight excluding hydrogens is 126 g/mol. The van der Waals surface area contributed by atoms with Crippen LogP contribution in [-0.2, 0) is 0 Å². The number of hydrogen-bond donors (Lipinski definition) is 2. The molecule has 1 heterocycles. The van der Waals surface area contributed by atoms with Crippen molar-refractivity contribution in [3.63, 3.8) is 0 Å². The fourth-order valence-corrected chi connectivity index (χ4v) is 1.63. The third-order valence-corrected chi connectivity index (χ3v) is 2.17. The van der Waals surface area contributed by atoms with E-state index in [1.54, 1.807) is 0 Å². The minimum absolute atomic E-state index is 0.382. The van der Waals surface area contributed by atoms with Gasteiger partial charge in [0.15, 0.2) is 0 Å². The van der Waals surface area contributed by atoms with Crippen molar-refractivity contribution in [1.82, 2.24) is 5.32 Å². The lowest BCUT2D eigenvalue weighted by Gasteiger charge is -2.32. The molecule has 0 aromatic carbocycles. The molecule has 2 N–H and O–H groups in total. The summed E-state index contributed by atoms with van der Waals surface area (Å²) in [5.74, 6) is 0. The molecule has 1 aliphatic rings. The van der Waals surface area contributed by atoms with E-state index in [4.69, 9.17) is 0 Å². The molecule has 0 aromatic rings. The van der Waals surface area contributed by atoms with Gasteiger partial charge in [0, 0.05) is 6.54 Å². The standard InChI is InChI=1S/C8H17NO/c1-2-4-8(10)5-3-6-9-7-8/h9-10H,2-7H2,1H3. The number of rotatable bonds is 2. The van der Waals surface area contributed by atoms with E-state index in [-0.39, 0.29) is 5.60 Å². The topological polar surface area (TPSA) is 32.3 Å². The largest absolute Gasteiger partial charge is 0.389 e. The SMILES string of the molecule is CCCC1(O)CCCNC1. The monoisotopic (exact) mass is 143 g/mol. The zero-order chi connectivity index (χ0) is 7.45. The summed E-state index contributed by atoms with van der Waals surface area (Å²) >= 11 is 0. The van der Waals surface area contributed by atoms with Gasteiger partial charge in [-0.3, -0.25) is 0 Å². The van der Waals surface area contributed by atoms with Crippen LogP contribution in [0, 0.1) is 0 Å². The Balaban J connectivity index is 2.32. The number of β-amino-alcohol motifs (C(OH)–C–C–N with tert-alkyl or cyclic N) is 1. The molecule has 1 atom stereocenters. The van der Waals surface area contributed by atoms with Crippen molar-refractivity contribution in [2.24, 2.45) is 0 Å². The molecule has 0 aromatic heterocycles. The molecule has 2 nitrogen and oxygen atoms in total. The van der Waals surface area contributed by atoms with Crippen LogP contribution in [0.2, 0.25) is 0 Å². The Labute approximate surface area is 62.6 Å². The van der Waals surface area contributed by atoms with Gasteiger partial charge in [-0.2, -0.15) is 0 Å². The molecule has 0 bridgehead atoms. The van der Waals surface area contributed by atoms with Crippen molar-refractivity contribution in [3.05, 3.63) is 0 Å². The Morgan fingerprint density at radius 1 is 1.60 bits per heavy atom. The molecule has 1 saturated heterocycles. The van der Waals surface area contributed by atoms with Gasteiger partial charge in [0.25, 0.3) is 0 Å². The van der Waals surface area contributed by atoms with Crippen LogP contribution in [0.1, 0.15) is 32.6 Å². The van der Waals surface area contributed by atoms with Crippen molar-refractivity contribution in [1.29, 1.82) is 0 Å². The summed E-state index contributed by atoms with van der Waals surface area (Å²) in [7, 11) is 0. The summed E-state index contributed by atoms with van der Waals surface area (Å²) in [5.41, 5.74) is -0.382. The second kappa shape index (κ2) is 3.35. The Bertz CT molecular complexity index is 91.9. The molecule has 0 spiro atoms. The van der Waals surface area contributed by atoms with E-state index in [0.29, 0.717) is 0 Å². The van der Waals surface area contributed by atoms with Gasteiger partial charge in [0.2, 0.25) is 0 Å². The zero-order valence-electron chi connectivity index (χ0n) is 6.69. The van der Waals surface area contributed by atoms with Crippen molar-refractivity contribution >= 4 is 0 Å². The highest BCUT2D eigenvalue weighted by molar-refractivity contribution is 4.84. The summed E-state index contributed by atoms with van der Waals surface area (Å²) in [6.07, 6.45) is 4.13. The molecule has 1 unspecified atom stereocenters. The van der Waals surface area contributed by atoms with Crippen molar-refractivity contribution < 1.29 is 5.11 Å². The van der Waals surface area contributed by atoms with Crippen LogP contribution in [0.4, 0.5) is 0 Å². The van der Waals surface area contributed by atoms with Crippen LogP contribution in [0.15, 0.2) is 0 Å². The van der Waals surface area contributed by atoms with Gasteiger partial charge in [-0.1, -0.05) is 13.3 Å². The second-order valence-electron chi connectivity index (χ2n) is 3.25. The van der Waals surface area contributed by atoms with Crippen molar-refractivity contribution in [2.45, 2.75) is 38.2 Å². The molecule has 0 saturated carbocycles. The molecular formula is C8H17NO. The highest BCUT2D eigenvalue weighted by Gasteiger charge is 2.27. The van der Waals surface area contributed by atoms with Gasteiger partial charge < -0.3 is 10.4 Å². The third-order valence-electron chi connectivity index (χ3n) is 2.17. The fourth-order valence-electron chi connectivity index (χ4n) is 1.63. The normalized spacial score (nSPS) is 34.2. The van der Waals surface area contributed by atoms with Crippen molar-refractivity contribution in [3.8, 4) is 0 Å². The van der Waals surface area contributed by atoms with Crippen LogP contribution < -0.4 is 5.32 Å². The molecule has 10 heavy (non-hydrogen) atoms. The van der Waals surface area contributed by atoms with Crippen molar-refractivity contribution in [2.75, 3.05) is 13.1 Å². The summed E-state index contributed by atoms with van der Waals surface area (Å²) in [6, 6.07) is 0. The molecule has 60 valence electrons. The van der Waals surface area contributed by atoms with Crippen LogP contribution in [-0.4, -0.2) is 23.8 Å². The first-order valence-corrected chi connectivity index (χ1v) is 4.20. The summed E-state index contributed by atoms with van der Waals surface area (Å²) in [6.45, 7) is 3.99. The van der Waals surface area contributed by atoms with Gasteiger partial charge in [0.05, 0.1) is 5.60 Å². The van der Waals surface area contributed by atoms with Gasteiger partial charge in [-0.15, -0.1) is 0 Å². The van der Waals surface area contributed by atoms with E-state index in [1.807, 2.05) is 0 Å².